The third-order valence-corrected chi connectivity index (χ3v) is 4.86. The molecule has 152 valence electrons. The lowest BCUT2D eigenvalue weighted by Crippen LogP contribution is -2.21. The van der Waals surface area contributed by atoms with Crippen molar-refractivity contribution in [3.8, 4) is 11.5 Å². The lowest BCUT2D eigenvalue weighted by molar-refractivity contribution is 0.0731. The fraction of sp³-hybridized carbons (Fsp3) is 0.480. The van der Waals surface area contributed by atoms with Gasteiger partial charge in [0, 0.05) is 16.7 Å². The van der Waals surface area contributed by atoms with Crippen LogP contribution in [0.4, 0.5) is 0 Å². The van der Waals surface area contributed by atoms with Crippen LogP contribution in [0.1, 0.15) is 89.4 Å². The van der Waals surface area contributed by atoms with E-state index in [1.807, 2.05) is 65.8 Å². The summed E-state index contributed by atoms with van der Waals surface area (Å²) < 4.78 is 5.81. The van der Waals surface area contributed by atoms with E-state index in [1.54, 1.807) is 12.1 Å². The fourth-order valence-electron chi connectivity index (χ4n) is 3.23. The normalized spacial score (nSPS) is 12.8. The van der Waals surface area contributed by atoms with Gasteiger partial charge in [0.2, 0.25) is 0 Å². The van der Waals surface area contributed by atoms with Crippen LogP contribution in [-0.4, -0.2) is 11.1 Å². The molecule has 0 spiro atoms. The topological polar surface area (TPSA) is 46.5 Å². The number of rotatable bonds is 2. The van der Waals surface area contributed by atoms with Gasteiger partial charge in [-0.3, -0.25) is 0 Å². The molecule has 0 bridgehead atoms. The van der Waals surface area contributed by atoms with Crippen LogP contribution in [0.25, 0.3) is 0 Å². The highest BCUT2D eigenvalue weighted by Crippen LogP contribution is 2.40. The maximum Gasteiger partial charge on any atom is 0.343 e. The predicted octanol–water partition coefficient (Wildman–Crippen LogP) is 6.50. The molecule has 0 atom stereocenters. The summed E-state index contributed by atoms with van der Waals surface area (Å²) in [5.74, 6) is 0.419. The van der Waals surface area contributed by atoms with E-state index in [1.165, 1.54) is 0 Å². The van der Waals surface area contributed by atoms with E-state index in [-0.39, 0.29) is 22.0 Å². The second-order valence-electron chi connectivity index (χ2n) is 10.6. The number of hydrogen-bond acceptors (Lipinski definition) is 3. The van der Waals surface area contributed by atoms with Gasteiger partial charge in [-0.2, -0.15) is 0 Å². The van der Waals surface area contributed by atoms with Crippen molar-refractivity contribution in [2.45, 2.75) is 78.6 Å². The molecule has 0 aromatic heterocycles. The summed E-state index contributed by atoms with van der Waals surface area (Å²) in [6, 6.07) is 11.2. The number of benzene rings is 2. The van der Waals surface area contributed by atoms with Crippen molar-refractivity contribution >= 4 is 5.97 Å². The summed E-state index contributed by atoms with van der Waals surface area (Å²) in [4.78, 5) is 13.1. The van der Waals surface area contributed by atoms with E-state index in [9.17, 15) is 9.90 Å². The number of ether oxygens (including phenoxy) is 1. The minimum Gasteiger partial charge on any atom is -0.507 e. The second-order valence-corrected chi connectivity index (χ2v) is 10.6. The number of carbonyl (C=O) groups is 1. The SMILES string of the molecule is CC(C)(C)c1ccccc1OC(=O)c1cc(C(C)(C)C)c(O)c(C(C)(C)C)c1. The summed E-state index contributed by atoms with van der Waals surface area (Å²) in [6.07, 6.45) is 0. The lowest BCUT2D eigenvalue weighted by atomic mass is 9.78. The zero-order valence-electron chi connectivity index (χ0n) is 18.7. The molecule has 0 aliphatic rings. The standard InChI is InChI=1S/C25H34O3/c1-23(2,3)17-12-10-11-13-20(17)28-22(27)16-14-18(24(4,5)6)21(26)19(15-16)25(7,8)9/h10-15,26H,1-9H3. The Balaban J connectivity index is 2.56. The average Bonchev–Trinajstić information content (AvgIpc) is 2.52. The van der Waals surface area contributed by atoms with Crippen molar-refractivity contribution in [1.29, 1.82) is 0 Å². The number of carbonyl (C=O) groups excluding carboxylic acids is 1. The van der Waals surface area contributed by atoms with E-state index in [0.29, 0.717) is 11.3 Å². The molecule has 0 heterocycles. The first-order valence-electron chi connectivity index (χ1n) is 9.82. The zero-order valence-corrected chi connectivity index (χ0v) is 18.7. The summed E-state index contributed by atoms with van der Waals surface area (Å²) in [5, 5.41) is 10.9. The Hall–Kier alpha value is -2.29. The Morgan fingerprint density at radius 2 is 1.18 bits per heavy atom. The van der Waals surface area contributed by atoms with E-state index in [4.69, 9.17) is 4.74 Å². The summed E-state index contributed by atoms with van der Waals surface area (Å²) in [6.45, 7) is 18.4. The van der Waals surface area contributed by atoms with Crippen molar-refractivity contribution in [3.63, 3.8) is 0 Å². The highest BCUT2D eigenvalue weighted by molar-refractivity contribution is 5.92. The van der Waals surface area contributed by atoms with Gasteiger partial charge in [-0.1, -0.05) is 80.5 Å². The second kappa shape index (κ2) is 7.27. The lowest BCUT2D eigenvalue weighted by Gasteiger charge is -2.28. The quantitative estimate of drug-likeness (QED) is 0.476. The number of aromatic hydroxyl groups is 1. The third kappa shape index (κ3) is 4.76. The van der Waals surface area contributed by atoms with Gasteiger partial charge in [0.15, 0.2) is 0 Å². The predicted molar refractivity (Wildman–Crippen MR) is 116 cm³/mol. The Kier molecular flexibility index (Phi) is 5.71. The molecular formula is C25H34O3. The Labute approximate surface area is 169 Å². The maximum absolute atomic E-state index is 13.1. The molecule has 0 aliphatic carbocycles. The van der Waals surface area contributed by atoms with Crippen LogP contribution >= 0.6 is 0 Å². The molecule has 0 amide bonds. The molecule has 2 aromatic carbocycles. The van der Waals surface area contributed by atoms with Gasteiger partial charge in [0.05, 0.1) is 5.56 Å². The Bertz CT molecular complexity index is 837. The van der Waals surface area contributed by atoms with E-state index in [2.05, 4.69) is 20.8 Å². The minimum absolute atomic E-state index is 0.140. The largest absolute Gasteiger partial charge is 0.507 e. The highest BCUT2D eigenvalue weighted by atomic mass is 16.5. The first-order chi connectivity index (χ1) is 12.6. The van der Waals surface area contributed by atoms with Gasteiger partial charge in [-0.05, 0) is 34.4 Å². The molecule has 1 N–H and O–H groups in total. The van der Waals surface area contributed by atoms with Crippen molar-refractivity contribution in [1.82, 2.24) is 0 Å². The molecular weight excluding hydrogens is 348 g/mol. The van der Waals surface area contributed by atoms with Crippen molar-refractivity contribution in [2.75, 3.05) is 0 Å². The van der Waals surface area contributed by atoms with E-state index >= 15 is 0 Å². The summed E-state index contributed by atoms with van der Waals surface area (Å²) in [7, 11) is 0. The maximum atomic E-state index is 13.1. The van der Waals surface area contributed by atoms with E-state index < -0.39 is 5.97 Å². The molecule has 3 heteroatoms. The highest BCUT2D eigenvalue weighted by Gasteiger charge is 2.29. The molecule has 0 unspecified atom stereocenters. The number of phenolic OH excluding ortho intramolecular Hbond substituents is 1. The fourth-order valence-corrected chi connectivity index (χ4v) is 3.23. The zero-order chi connectivity index (χ0) is 21.5. The van der Waals surface area contributed by atoms with Gasteiger partial charge >= 0.3 is 5.97 Å². The number of hydrogen-bond donors (Lipinski definition) is 1. The molecule has 28 heavy (non-hydrogen) atoms. The van der Waals surface area contributed by atoms with Crippen LogP contribution in [-0.2, 0) is 16.2 Å². The third-order valence-electron chi connectivity index (χ3n) is 4.86. The first kappa shape index (κ1) is 22.0. The average molecular weight is 383 g/mol. The summed E-state index contributed by atoms with van der Waals surface area (Å²) >= 11 is 0. The molecule has 0 aliphatic heterocycles. The number of phenols is 1. The first-order valence-corrected chi connectivity index (χ1v) is 9.82. The van der Waals surface area contributed by atoms with Crippen LogP contribution in [0.3, 0.4) is 0 Å². The van der Waals surface area contributed by atoms with Crippen LogP contribution in [0, 0.1) is 0 Å². The van der Waals surface area contributed by atoms with Crippen molar-refractivity contribution < 1.29 is 14.6 Å². The van der Waals surface area contributed by atoms with E-state index in [0.717, 1.165) is 16.7 Å². The van der Waals surface area contributed by atoms with Crippen LogP contribution in [0.2, 0.25) is 0 Å². The molecule has 0 radical (unpaired) electrons. The Morgan fingerprint density at radius 3 is 1.61 bits per heavy atom. The molecule has 0 saturated carbocycles. The van der Waals surface area contributed by atoms with Crippen LogP contribution in [0.15, 0.2) is 36.4 Å². The molecule has 0 saturated heterocycles. The smallest absolute Gasteiger partial charge is 0.343 e. The summed E-state index contributed by atoms with van der Waals surface area (Å²) in [5.41, 5.74) is 2.18. The van der Waals surface area contributed by atoms with Crippen molar-refractivity contribution in [3.05, 3.63) is 58.7 Å². The van der Waals surface area contributed by atoms with Gasteiger partial charge in [0.1, 0.15) is 11.5 Å². The van der Waals surface area contributed by atoms with Crippen molar-refractivity contribution in [2.24, 2.45) is 0 Å². The minimum atomic E-state index is -0.410. The van der Waals surface area contributed by atoms with Gasteiger partial charge < -0.3 is 9.84 Å². The van der Waals surface area contributed by atoms with Gasteiger partial charge in [0.25, 0.3) is 0 Å². The van der Waals surface area contributed by atoms with Gasteiger partial charge in [-0.15, -0.1) is 0 Å². The number of para-hydroxylation sites is 1. The number of esters is 1. The Morgan fingerprint density at radius 1 is 0.750 bits per heavy atom. The monoisotopic (exact) mass is 382 g/mol. The van der Waals surface area contributed by atoms with Crippen LogP contribution < -0.4 is 4.74 Å². The van der Waals surface area contributed by atoms with Crippen LogP contribution in [0.5, 0.6) is 11.5 Å². The van der Waals surface area contributed by atoms with Gasteiger partial charge in [-0.25, -0.2) is 4.79 Å². The molecule has 2 rings (SSSR count). The molecule has 3 nitrogen and oxygen atoms in total. The molecule has 2 aromatic rings. The molecule has 0 fully saturated rings.